The first-order chi connectivity index (χ1) is 13.2. The van der Waals surface area contributed by atoms with Crippen molar-refractivity contribution in [1.29, 1.82) is 0 Å². The number of amides is 1. The van der Waals surface area contributed by atoms with Crippen LogP contribution in [-0.4, -0.2) is 43.4 Å². The highest BCUT2D eigenvalue weighted by molar-refractivity contribution is 7.91. The van der Waals surface area contributed by atoms with E-state index in [1.807, 2.05) is 0 Å². The highest BCUT2D eigenvalue weighted by atomic mass is 35.5. The molecule has 3 rings (SSSR count). The van der Waals surface area contributed by atoms with Gasteiger partial charge in [-0.3, -0.25) is 4.79 Å². The lowest BCUT2D eigenvalue weighted by molar-refractivity contribution is -0.136. The molecule has 0 bridgehead atoms. The Balaban J connectivity index is 1.79. The second-order valence-corrected chi connectivity index (χ2v) is 9.61. The number of para-hydroxylation sites is 1. The maximum Gasteiger partial charge on any atom is 0.261 e. The van der Waals surface area contributed by atoms with E-state index in [0.29, 0.717) is 22.0 Å². The average Bonchev–Trinajstić information content (AvgIpc) is 2.99. The number of ether oxygens (including phenoxy) is 1. The van der Waals surface area contributed by atoms with Gasteiger partial charge in [0.2, 0.25) is 0 Å². The van der Waals surface area contributed by atoms with E-state index >= 15 is 0 Å². The van der Waals surface area contributed by atoms with Gasteiger partial charge in [-0.25, -0.2) is 12.8 Å². The zero-order chi connectivity index (χ0) is 20.3. The van der Waals surface area contributed by atoms with Crippen LogP contribution < -0.4 is 4.74 Å². The number of carbonyl (C=O) groups excluding carboxylic acids is 1. The highest BCUT2D eigenvalue weighted by Gasteiger charge is 2.35. The maximum atomic E-state index is 13.7. The SMILES string of the molecule is O=C(COc1ccccc1F)N(Cc1ccc(Cl)cc1Cl)C1CCS(=O)(=O)C1. The van der Waals surface area contributed by atoms with Crippen LogP contribution in [0, 0.1) is 5.82 Å². The molecule has 0 aromatic heterocycles. The molecule has 0 radical (unpaired) electrons. The third-order valence-corrected chi connectivity index (χ3v) is 6.85. The minimum atomic E-state index is -3.21. The smallest absolute Gasteiger partial charge is 0.261 e. The van der Waals surface area contributed by atoms with Crippen molar-refractivity contribution in [2.75, 3.05) is 18.1 Å². The van der Waals surface area contributed by atoms with E-state index in [1.165, 1.54) is 23.1 Å². The summed E-state index contributed by atoms with van der Waals surface area (Å²) in [4.78, 5) is 14.3. The molecular weight excluding hydrogens is 428 g/mol. The van der Waals surface area contributed by atoms with E-state index in [4.69, 9.17) is 27.9 Å². The van der Waals surface area contributed by atoms with Crippen molar-refractivity contribution >= 4 is 38.9 Å². The monoisotopic (exact) mass is 445 g/mol. The summed E-state index contributed by atoms with van der Waals surface area (Å²) < 4.78 is 42.8. The van der Waals surface area contributed by atoms with Crippen molar-refractivity contribution in [2.45, 2.75) is 19.0 Å². The summed E-state index contributed by atoms with van der Waals surface area (Å²) in [5, 5.41) is 0.833. The second-order valence-electron chi connectivity index (χ2n) is 6.53. The molecule has 28 heavy (non-hydrogen) atoms. The zero-order valence-electron chi connectivity index (χ0n) is 14.8. The first-order valence-electron chi connectivity index (χ1n) is 8.56. The molecular formula is C19H18Cl2FNO4S. The first kappa shape index (κ1) is 20.9. The lowest BCUT2D eigenvalue weighted by atomic mass is 10.1. The fourth-order valence-corrected chi connectivity index (χ4v) is 5.26. The third kappa shape index (κ3) is 5.16. The fraction of sp³-hybridized carbons (Fsp3) is 0.316. The molecule has 2 aromatic rings. The zero-order valence-corrected chi connectivity index (χ0v) is 17.1. The Bertz CT molecular complexity index is 984. The fourth-order valence-electron chi connectivity index (χ4n) is 3.06. The van der Waals surface area contributed by atoms with Crippen LogP contribution in [0.5, 0.6) is 5.75 Å². The molecule has 0 aliphatic carbocycles. The van der Waals surface area contributed by atoms with Crippen molar-refractivity contribution < 1.29 is 22.3 Å². The van der Waals surface area contributed by atoms with Gasteiger partial charge in [0.15, 0.2) is 28.0 Å². The van der Waals surface area contributed by atoms with Crippen LogP contribution >= 0.6 is 23.2 Å². The van der Waals surface area contributed by atoms with E-state index in [2.05, 4.69) is 0 Å². The predicted octanol–water partition coefficient (Wildman–Crippen LogP) is 3.73. The number of hydrogen-bond acceptors (Lipinski definition) is 4. The summed E-state index contributed by atoms with van der Waals surface area (Å²) >= 11 is 12.1. The van der Waals surface area contributed by atoms with Gasteiger partial charge in [0.1, 0.15) is 0 Å². The van der Waals surface area contributed by atoms with Gasteiger partial charge >= 0.3 is 0 Å². The van der Waals surface area contributed by atoms with Crippen molar-refractivity contribution in [2.24, 2.45) is 0 Å². The molecule has 1 heterocycles. The Morgan fingerprint density at radius 1 is 1.21 bits per heavy atom. The highest BCUT2D eigenvalue weighted by Crippen LogP contribution is 2.26. The van der Waals surface area contributed by atoms with E-state index < -0.39 is 34.2 Å². The van der Waals surface area contributed by atoms with Gasteiger partial charge in [-0.1, -0.05) is 41.4 Å². The van der Waals surface area contributed by atoms with Crippen molar-refractivity contribution in [3.05, 3.63) is 63.9 Å². The quantitative estimate of drug-likeness (QED) is 0.679. The summed E-state index contributed by atoms with van der Waals surface area (Å²) in [6, 6.07) is 10.2. The summed E-state index contributed by atoms with van der Waals surface area (Å²) in [6.07, 6.45) is 0.332. The summed E-state index contributed by atoms with van der Waals surface area (Å²) in [6.45, 7) is -0.307. The molecule has 0 spiro atoms. The topological polar surface area (TPSA) is 63.7 Å². The van der Waals surface area contributed by atoms with Gasteiger partial charge < -0.3 is 9.64 Å². The molecule has 5 nitrogen and oxygen atoms in total. The van der Waals surface area contributed by atoms with E-state index in [-0.39, 0.29) is 23.8 Å². The summed E-state index contributed by atoms with van der Waals surface area (Å²) in [5.74, 6) is -1.17. The van der Waals surface area contributed by atoms with Gasteiger partial charge in [-0.15, -0.1) is 0 Å². The molecule has 1 aliphatic rings. The van der Waals surface area contributed by atoms with Crippen molar-refractivity contribution in [3.63, 3.8) is 0 Å². The Kier molecular flexibility index (Phi) is 6.47. The number of carbonyl (C=O) groups is 1. The van der Waals surface area contributed by atoms with E-state index in [0.717, 1.165) is 0 Å². The molecule has 1 saturated heterocycles. The Hall–Kier alpha value is -1.83. The minimum absolute atomic E-state index is 0.0178. The minimum Gasteiger partial charge on any atom is -0.481 e. The first-order valence-corrected chi connectivity index (χ1v) is 11.1. The lowest BCUT2D eigenvalue weighted by Gasteiger charge is -2.29. The van der Waals surface area contributed by atoms with Crippen LogP contribution in [0.3, 0.4) is 0 Å². The standard InChI is InChI=1S/C19H18Cl2FNO4S/c20-14-6-5-13(16(21)9-14)10-23(15-7-8-28(25,26)12-15)19(24)11-27-18-4-2-1-3-17(18)22/h1-6,9,15H,7-8,10-12H2. The maximum absolute atomic E-state index is 13.7. The number of halogens is 3. The molecule has 1 fully saturated rings. The molecule has 1 amide bonds. The van der Waals surface area contributed by atoms with Crippen LogP contribution in [0.25, 0.3) is 0 Å². The summed E-state index contributed by atoms with van der Waals surface area (Å²) in [7, 11) is -3.21. The number of hydrogen-bond donors (Lipinski definition) is 0. The van der Waals surface area contributed by atoms with Gasteiger partial charge in [0.05, 0.1) is 11.5 Å². The van der Waals surface area contributed by atoms with E-state index in [1.54, 1.807) is 24.3 Å². The Morgan fingerprint density at radius 2 is 1.96 bits per heavy atom. The number of nitrogens with zero attached hydrogens (tertiary/aromatic N) is 1. The molecule has 1 unspecified atom stereocenters. The van der Waals surface area contributed by atoms with Gasteiger partial charge in [0.25, 0.3) is 5.91 Å². The predicted molar refractivity (Wildman–Crippen MR) is 106 cm³/mol. The normalized spacial score (nSPS) is 18.0. The van der Waals surface area contributed by atoms with Crippen LogP contribution in [0.15, 0.2) is 42.5 Å². The number of sulfone groups is 1. The largest absolute Gasteiger partial charge is 0.481 e. The van der Waals surface area contributed by atoms with Crippen LogP contribution in [-0.2, 0) is 21.2 Å². The van der Waals surface area contributed by atoms with E-state index in [9.17, 15) is 17.6 Å². The van der Waals surface area contributed by atoms with Gasteiger partial charge in [-0.05, 0) is 36.2 Å². The molecule has 1 aliphatic heterocycles. The molecule has 1 atom stereocenters. The van der Waals surface area contributed by atoms with Crippen LogP contribution in [0.2, 0.25) is 10.0 Å². The third-order valence-electron chi connectivity index (χ3n) is 4.51. The Morgan fingerprint density at radius 3 is 2.61 bits per heavy atom. The van der Waals surface area contributed by atoms with Crippen LogP contribution in [0.4, 0.5) is 4.39 Å². The number of benzene rings is 2. The molecule has 0 N–H and O–H groups in total. The molecule has 2 aromatic carbocycles. The van der Waals surface area contributed by atoms with Crippen molar-refractivity contribution in [3.8, 4) is 5.75 Å². The molecule has 150 valence electrons. The second kappa shape index (κ2) is 8.68. The summed E-state index contributed by atoms with van der Waals surface area (Å²) in [5.41, 5.74) is 0.634. The average molecular weight is 446 g/mol. The number of rotatable bonds is 6. The Labute approximate surface area is 172 Å². The lowest BCUT2D eigenvalue weighted by Crippen LogP contribution is -2.43. The molecule has 0 saturated carbocycles. The van der Waals surface area contributed by atoms with Gasteiger partial charge in [-0.2, -0.15) is 0 Å². The van der Waals surface area contributed by atoms with Crippen LogP contribution in [0.1, 0.15) is 12.0 Å². The molecule has 9 heteroatoms. The van der Waals surface area contributed by atoms with Crippen molar-refractivity contribution in [1.82, 2.24) is 4.90 Å². The van der Waals surface area contributed by atoms with Gasteiger partial charge in [0, 0.05) is 22.6 Å².